The van der Waals surface area contributed by atoms with E-state index >= 15 is 0 Å². The van der Waals surface area contributed by atoms with E-state index in [1.54, 1.807) is 0 Å². The van der Waals surface area contributed by atoms with Gasteiger partial charge in [0.05, 0.1) is 11.7 Å². The first-order chi connectivity index (χ1) is 11.1. The van der Waals surface area contributed by atoms with Crippen molar-refractivity contribution >= 4 is 11.6 Å². The molecule has 1 aliphatic heterocycles. The second-order valence-corrected chi connectivity index (χ2v) is 6.29. The minimum atomic E-state index is -0.0698. The van der Waals surface area contributed by atoms with Crippen LogP contribution in [0.4, 0.5) is 5.69 Å². The summed E-state index contributed by atoms with van der Waals surface area (Å²) in [6.07, 6.45) is 4.16. The molecule has 0 radical (unpaired) electrons. The van der Waals surface area contributed by atoms with Gasteiger partial charge >= 0.3 is 0 Å². The molecule has 1 aromatic rings. The monoisotopic (exact) mass is 318 g/mol. The number of carbonyl (C=O) groups is 1. The van der Waals surface area contributed by atoms with Crippen LogP contribution in [0.15, 0.2) is 18.2 Å². The Morgan fingerprint density at radius 3 is 2.74 bits per heavy atom. The molecular formula is C19H30N2O2. The van der Waals surface area contributed by atoms with E-state index in [0.29, 0.717) is 0 Å². The fraction of sp³-hybridized carbons (Fsp3) is 0.632. The van der Waals surface area contributed by atoms with E-state index in [9.17, 15) is 4.79 Å². The quantitative estimate of drug-likeness (QED) is 0.791. The molecule has 1 aromatic carbocycles. The normalized spacial score (nSPS) is 17.7. The first-order valence-corrected chi connectivity index (χ1v) is 8.94. The van der Waals surface area contributed by atoms with E-state index in [-0.39, 0.29) is 18.1 Å². The van der Waals surface area contributed by atoms with Crippen molar-refractivity contribution in [3.05, 3.63) is 23.8 Å². The first-order valence-electron chi connectivity index (χ1n) is 8.94. The molecule has 0 aliphatic carbocycles. The molecule has 0 unspecified atom stereocenters. The van der Waals surface area contributed by atoms with Gasteiger partial charge in [-0.15, -0.1) is 0 Å². The number of hydrogen-bond acceptors (Lipinski definition) is 3. The lowest BCUT2D eigenvalue weighted by Crippen LogP contribution is -2.44. The third-order valence-electron chi connectivity index (χ3n) is 4.57. The van der Waals surface area contributed by atoms with Gasteiger partial charge in [0.15, 0.2) is 0 Å². The smallest absolute Gasteiger partial charge is 0.241 e. The summed E-state index contributed by atoms with van der Waals surface area (Å²) in [5.74, 6) is 0.931. The predicted octanol–water partition coefficient (Wildman–Crippen LogP) is 3.85. The summed E-state index contributed by atoms with van der Waals surface area (Å²) in [6.45, 7) is 10.2. The van der Waals surface area contributed by atoms with Crippen molar-refractivity contribution in [2.24, 2.45) is 0 Å². The molecule has 1 heterocycles. The Balaban J connectivity index is 2.14. The van der Waals surface area contributed by atoms with Crippen LogP contribution in [-0.2, 0) is 11.2 Å². The van der Waals surface area contributed by atoms with Crippen LogP contribution in [0.25, 0.3) is 0 Å². The molecule has 4 heteroatoms. The van der Waals surface area contributed by atoms with Crippen LogP contribution >= 0.6 is 0 Å². The SMILES string of the molecule is CCCC[C@@H](C(=O)Nc1cccc2c1O[C@H](C)C2)N(CC)CC. The Labute approximate surface area is 140 Å². The zero-order chi connectivity index (χ0) is 16.8. The molecule has 2 atom stereocenters. The van der Waals surface area contributed by atoms with Gasteiger partial charge in [0.25, 0.3) is 0 Å². The Morgan fingerprint density at radius 1 is 1.35 bits per heavy atom. The van der Waals surface area contributed by atoms with Crippen molar-refractivity contribution in [2.75, 3.05) is 18.4 Å². The van der Waals surface area contributed by atoms with Crippen molar-refractivity contribution in [2.45, 2.75) is 65.5 Å². The fourth-order valence-corrected chi connectivity index (χ4v) is 3.29. The van der Waals surface area contributed by atoms with Crippen LogP contribution < -0.4 is 10.1 Å². The molecule has 0 saturated carbocycles. The summed E-state index contributed by atoms with van der Waals surface area (Å²) in [5, 5.41) is 3.12. The van der Waals surface area contributed by atoms with Gasteiger partial charge < -0.3 is 10.1 Å². The Hall–Kier alpha value is -1.55. The average Bonchev–Trinajstić information content (AvgIpc) is 2.92. The molecule has 4 nitrogen and oxygen atoms in total. The Kier molecular flexibility index (Phi) is 6.46. The topological polar surface area (TPSA) is 41.6 Å². The highest BCUT2D eigenvalue weighted by Crippen LogP contribution is 2.36. The molecule has 1 aliphatic rings. The maximum absolute atomic E-state index is 12.9. The van der Waals surface area contributed by atoms with E-state index in [2.05, 4.69) is 44.0 Å². The van der Waals surface area contributed by atoms with E-state index in [4.69, 9.17) is 4.74 Å². The van der Waals surface area contributed by atoms with Gasteiger partial charge in [0.2, 0.25) is 5.91 Å². The van der Waals surface area contributed by atoms with Crippen LogP contribution in [0.2, 0.25) is 0 Å². The highest BCUT2D eigenvalue weighted by molar-refractivity contribution is 5.96. The summed E-state index contributed by atoms with van der Waals surface area (Å²) in [5.41, 5.74) is 1.99. The van der Waals surface area contributed by atoms with Crippen molar-refractivity contribution in [3.8, 4) is 5.75 Å². The highest BCUT2D eigenvalue weighted by Gasteiger charge is 2.27. The zero-order valence-electron chi connectivity index (χ0n) is 14.9. The van der Waals surface area contributed by atoms with E-state index in [0.717, 1.165) is 50.2 Å². The largest absolute Gasteiger partial charge is 0.488 e. The van der Waals surface area contributed by atoms with E-state index in [1.807, 2.05) is 12.1 Å². The van der Waals surface area contributed by atoms with Crippen LogP contribution in [0.5, 0.6) is 5.75 Å². The lowest BCUT2D eigenvalue weighted by atomic mass is 10.1. The van der Waals surface area contributed by atoms with Gasteiger partial charge in [-0.1, -0.05) is 45.7 Å². The number of rotatable bonds is 8. The number of hydrogen-bond donors (Lipinski definition) is 1. The lowest BCUT2D eigenvalue weighted by Gasteiger charge is -2.28. The number of nitrogens with one attached hydrogen (secondary N) is 1. The molecule has 23 heavy (non-hydrogen) atoms. The number of anilines is 1. The number of carbonyl (C=O) groups excluding carboxylic acids is 1. The van der Waals surface area contributed by atoms with Gasteiger partial charge in [-0.3, -0.25) is 9.69 Å². The molecule has 0 aromatic heterocycles. The van der Waals surface area contributed by atoms with Crippen LogP contribution in [0.1, 0.15) is 52.5 Å². The molecule has 1 amide bonds. The van der Waals surface area contributed by atoms with E-state index < -0.39 is 0 Å². The Bertz CT molecular complexity index is 526. The second-order valence-electron chi connectivity index (χ2n) is 6.29. The maximum atomic E-state index is 12.9. The van der Waals surface area contributed by atoms with Crippen LogP contribution in [-0.4, -0.2) is 36.0 Å². The van der Waals surface area contributed by atoms with Crippen molar-refractivity contribution in [1.29, 1.82) is 0 Å². The standard InChI is InChI=1S/C19H30N2O2/c1-5-8-12-17(21(6-2)7-3)19(22)20-16-11-9-10-15-13-14(4)23-18(15)16/h9-11,14,17H,5-8,12-13H2,1-4H3,(H,20,22)/t14-,17+/m1/s1. The van der Waals surface area contributed by atoms with Crippen molar-refractivity contribution in [1.82, 2.24) is 4.90 Å². The van der Waals surface area contributed by atoms with Gasteiger partial charge in [0.1, 0.15) is 11.9 Å². The number of benzene rings is 1. The van der Waals surface area contributed by atoms with Crippen LogP contribution in [0.3, 0.4) is 0 Å². The molecule has 0 fully saturated rings. The van der Waals surface area contributed by atoms with Gasteiger partial charge in [-0.25, -0.2) is 0 Å². The third kappa shape index (κ3) is 4.25. The minimum Gasteiger partial charge on any atom is -0.488 e. The predicted molar refractivity (Wildman–Crippen MR) is 95.1 cm³/mol. The molecular weight excluding hydrogens is 288 g/mol. The zero-order valence-corrected chi connectivity index (χ0v) is 14.9. The third-order valence-corrected chi connectivity index (χ3v) is 4.57. The summed E-state index contributed by atoms with van der Waals surface area (Å²) >= 11 is 0. The number of ether oxygens (including phenoxy) is 1. The van der Waals surface area contributed by atoms with Crippen molar-refractivity contribution in [3.63, 3.8) is 0 Å². The molecule has 2 rings (SSSR count). The number of likely N-dealkylation sites (N-methyl/N-ethyl adjacent to an activating group) is 1. The fourth-order valence-electron chi connectivity index (χ4n) is 3.29. The minimum absolute atomic E-state index is 0.0698. The summed E-state index contributed by atoms with van der Waals surface area (Å²) in [4.78, 5) is 15.1. The number of fused-ring (bicyclic) bond motifs is 1. The number of amides is 1. The summed E-state index contributed by atoms with van der Waals surface area (Å²) < 4.78 is 5.88. The first kappa shape index (κ1) is 17.8. The molecule has 0 spiro atoms. The number of para-hydroxylation sites is 1. The molecule has 0 saturated heterocycles. The lowest BCUT2D eigenvalue weighted by molar-refractivity contribution is -0.121. The number of unbranched alkanes of at least 4 members (excludes halogenated alkanes) is 1. The summed E-state index contributed by atoms with van der Waals surface area (Å²) in [7, 11) is 0. The summed E-state index contributed by atoms with van der Waals surface area (Å²) in [6, 6.07) is 5.94. The molecule has 0 bridgehead atoms. The van der Waals surface area contributed by atoms with Gasteiger partial charge in [-0.2, -0.15) is 0 Å². The molecule has 128 valence electrons. The van der Waals surface area contributed by atoms with Gasteiger partial charge in [0, 0.05) is 6.42 Å². The average molecular weight is 318 g/mol. The highest BCUT2D eigenvalue weighted by atomic mass is 16.5. The second kappa shape index (κ2) is 8.34. The Morgan fingerprint density at radius 2 is 2.09 bits per heavy atom. The van der Waals surface area contributed by atoms with E-state index in [1.165, 1.54) is 5.56 Å². The molecule has 1 N–H and O–H groups in total. The number of nitrogens with zero attached hydrogens (tertiary/aromatic N) is 1. The van der Waals surface area contributed by atoms with Crippen molar-refractivity contribution < 1.29 is 9.53 Å². The maximum Gasteiger partial charge on any atom is 0.241 e. The van der Waals surface area contributed by atoms with Crippen LogP contribution in [0, 0.1) is 0 Å². The van der Waals surface area contributed by atoms with Gasteiger partial charge in [-0.05, 0) is 38.1 Å².